The zero-order valence-electron chi connectivity index (χ0n) is 88.2. The number of pyridine rings is 5. The van der Waals surface area contributed by atoms with Crippen LogP contribution in [0.15, 0.2) is 97.8 Å². The Morgan fingerprint density at radius 1 is 0.396 bits per heavy atom. The molecule has 5 aromatic heterocycles. The number of esters is 4. The van der Waals surface area contributed by atoms with Crippen LogP contribution in [0.4, 0.5) is 41.9 Å². The minimum atomic E-state index is -4.10. The molecule has 36 nitrogen and oxygen atoms in total. The van der Waals surface area contributed by atoms with Crippen molar-refractivity contribution in [1.29, 1.82) is 0 Å². The van der Waals surface area contributed by atoms with Crippen molar-refractivity contribution in [2.45, 2.75) is 214 Å². The fraction of sp³-hybridized carbons (Fsp3) is 0.524. The summed E-state index contributed by atoms with van der Waals surface area (Å²) in [6, 6.07) is 19.5. The van der Waals surface area contributed by atoms with Crippen LogP contribution in [0, 0.1) is 55.4 Å². The van der Waals surface area contributed by atoms with E-state index in [-0.39, 0.29) is 68.6 Å². The van der Waals surface area contributed by atoms with Crippen molar-refractivity contribution in [2.75, 3.05) is 165 Å². The summed E-state index contributed by atoms with van der Waals surface area (Å²) in [5.41, 5.74) is 14.9. The van der Waals surface area contributed by atoms with E-state index in [1.165, 1.54) is 40.2 Å². The third kappa shape index (κ3) is 35.4. The van der Waals surface area contributed by atoms with Crippen LogP contribution in [-0.4, -0.2) is 267 Å². The molecule has 0 unspecified atom stereocenters. The molecule has 9 aromatic rings. The first-order chi connectivity index (χ1) is 66.6. The number of ether oxygens (including phenoxy) is 8. The largest absolute Gasteiger partial charge is 1.00 e. The molecule has 4 saturated heterocycles. The molecule has 13 rings (SSSR count). The van der Waals surface area contributed by atoms with Gasteiger partial charge in [-0.2, -0.15) is 17.4 Å². The number of benzene rings is 4. The zero-order valence-corrected chi connectivity index (χ0v) is 92.2. The molecule has 0 spiro atoms. The van der Waals surface area contributed by atoms with Crippen LogP contribution in [0.5, 0.6) is 0 Å². The lowest BCUT2D eigenvalue weighted by molar-refractivity contribution is -0.512. The average Bonchev–Trinajstić information content (AvgIpc) is 0.983. The molecular weight excluding hydrogens is 1950 g/mol. The average molecular weight is 2100 g/mol. The molecule has 4 fully saturated rings. The van der Waals surface area contributed by atoms with Crippen molar-refractivity contribution >= 4 is 159 Å². The van der Waals surface area contributed by atoms with E-state index in [1.807, 2.05) is 140 Å². The number of anilines is 4. The summed E-state index contributed by atoms with van der Waals surface area (Å²) in [6.45, 7) is 56.6. The van der Waals surface area contributed by atoms with Gasteiger partial charge in [-0.05, 0) is 298 Å². The normalized spacial score (nSPS) is 14.4. The molecule has 0 radical (unpaired) electrons. The topological polar surface area (TPSA) is 405 Å². The Morgan fingerprint density at radius 2 is 0.708 bits per heavy atom. The van der Waals surface area contributed by atoms with E-state index in [4.69, 9.17) is 49.5 Å². The predicted octanol–water partition coefficient (Wildman–Crippen LogP) is 13.6. The van der Waals surface area contributed by atoms with Gasteiger partial charge >= 0.3 is 68.7 Å². The van der Waals surface area contributed by atoms with Crippen molar-refractivity contribution in [3.8, 4) is 0 Å². The SMILES string of the molecule is CC(C)(C)OC(=O)N1CCCNCC1.CCOC(=O)c1cnc2cc(C)c(C)cc2c1Cl.CCOC(=O)c1cnc2cc(C)c(C)cc2c1N1CCCN(C(=O)OC(C)(C)C)CC1.CCOC(=O)c1cnc2cc(C)c(C)cc2c1N1CCCN(S(=O)(=O)NC(=O)OC(C)(C)C)CC1.CCOC(=O)c1cnc2cc(C)c(C)cc2c1N1CCCNCC1.CN(C)c1cc[n+](S(=O)(=O)NC(=O)OC(C)(C)C)cc1.Cl.[Cl-]. The highest BCUT2D eigenvalue weighted by molar-refractivity contribution is 7.87. The molecule has 9 heterocycles. The van der Waals surface area contributed by atoms with Crippen LogP contribution in [0.2, 0.25) is 5.02 Å². The lowest BCUT2D eigenvalue weighted by Crippen LogP contribution is -3.00. The quantitative estimate of drug-likeness (QED) is 0.0396. The molecule has 4 N–H and O–H groups in total. The van der Waals surface area contributed by atoms with Gasteiger partial charge in [0.15, 0.2) is 12.4 Å². The van der Waals surface area contributed by atoms with Crippen molar-refractivity contribution in [1.82, 2.24) is 54.1 Å². The minimum Gasteiger partial charge on any atom is -1.00 e. The first-order valence-electron chi connectivity index (χ1n) is 48.1. The van der Waals surface area contributed by atoms with E-state index in [9.17, 15) is 55.2 Å². The second-order valence-electron chi connectivity index (χ2n) is 39.0. The Hall–Kier alpha value is -11.5. The molecule has 792 valence electrons. The van der Waals surface area contributed by atoms with Gasteiger partial charge in [0, 0.05) is 170 Å². The molecule has 4 amide bonds. The number of aromatic nitrogens is 5. The van der Waals surface area contributed by atoms with E-state index >= 15 is 0 Å². The van der Waals surface area contributed by atoms with Gasteiger partial charge in [-0.1, -0.05) is 15.6 Å². The van der Waals surface area contributed by atoms with Crippen LogP contribution >= 0.6 is 24.0 Å². The second kappa shape index (κ2) is 54.1. The molecule has 0 atom stereocenters. The van der Waals surface area contributed by atoms with Gasteiger partial charge in [0.05, 0.1) is 76.1 Å². The number of nitrogens with zero attached hydrogens (tertiary/aromatic N) is 12. The van der Waals surface area contributed by atoms with Gasteiger partial charge in [-0.15, -0.1) is 20.8 Å². The fourth-order valence-electron chi connectivity index (χ4n) is 15.4. The Balaban J connectivity index is 0.000000270. The van der Waals surface area contributed by atoms with Crippen LogP contribution < -0.4 is 56.1 Å². The number of rotatable bonds is 16. The van der Waals surface area contributed by atoms with Gasteiger partial charge in [-0.25, -0.2) is 43.1 Å². The zero-order chi connectivity index (χ0) is 105. The van der Waals surface area contributed by atoms with Gasteiger partial charge < -0.3 is 90.3 Å². The highest BCUT2D eigenvalue weighted by Crippen LogP contribution is 2.38. The van der Waals surface area contributed by atoms with E-state index in [0.29, 0.717) is 91.9 Å². The maximum atomic E-state index is 12.8. The van der Waals surface area contributed by atoms with Crippen LogP contribution in [0.25, 0.3) is 43.6 Å². The second-order valence-corrected chi connectivity index (χ2v) is 42.6. The standard InChI is InChI=1S/C24H34N4O6S.C24H33N3O4.C19H25N3O2.C14H14ClNO2.C12H19N3O4S.C10H20N2O2.2ClH/c1-7-33-22(29)19-15-25-20-14-17(3)16(2)13-18(20)21(19)27-9-8-10-28(12-11-27)35(31,32)26-23(30)34-24(4,5)6;1-7-30-22(28)19-15-25-20-14-17(3)16(2)13-18(20)21(19)26-9-8-10-27(12-11-26)23(29)31-24(4,5)6;1-4-24-19(23)16-12-21-17-11-14(3)13(2)10-15(17)18(16)22-8-5-6-20-7-9-22;1-4-18-14(17)11-7-16-12-6-9(3)8(2)5-10(12)13(11)15;1-12(2,3)19-11(16)13-20(17,18)15-8-6-10(7-9-15)14(4)5;1-10(2,3)14-9(13)12-7-4-5-11-6-8-12;;/h13-15H,7-12H2,1-6H3,(H,26,30);13-15H,7-12H2,1-6H3;10-12,20H,4-9H2,1-3H3;5-7H,4H2,1-3H3;6-9H,1-5H3;11H,4-8H2,1-3H3;2*1H. The molecule has 4 aliphatic heterocycles. The van der Waals surface area contributed by atoms with Crippen molar-refractivity contribution in [3.05, 3.63) is 170 Å². The third-order valence-electron chi connectivity index (χ3n) is 22.8. The van der Waals surface area contributed by atoms with Gasteiger partial charge in [0.1, 0.15) is 39.1 Å². The first kappa shape index (κ1) is 121. The highest BCUT2D eigenvalue weighted by atomic mass is 35.5. The summed E-state index contributed by atoms with van der Waals surface area (Å²) >= 11 is 6.26. The third-order valence-corrected chi connectivity index (χ3v) is 25.9. The fourth-order valence-corrected chi connectivity index (χ4v) is 17.6. The minimum absolute atomic E-state index is 0. The van der Waals surface area contributed by atoms with Gasteiger partial charge in [0.25, 0.3) is 0 Å². The molecule has 4 aliphatic rings. The number of amides is 4. The molecule has 41 heteroatoms. The Kier molecular flexibility index (Phi) is 45.5. The summed E-state index contributed by atoms with van der Waals surface area (Å²) < 4.78 is 97.2. The summed E-state index contributed by atoms with van der Waals surface area (Å²) in [4.78, 5) is 127. The first-order valence-corrected chi connectivity index (χ1v) is 51.4. The van der Waals surface area contributed by atoms with E-state index in [1.54, 1.807) is 96.6 Å². The molecule has 4 aromatic carbocycles. The molecular formula is C103H147Cl3N16O20S2. The number of carbonyl (C=O) groups excluding carboxylic acids is 8. The van der Waals surface area contributed by atoms with Gasteiger partial charge in [0.2, 0.25) is 0 Å². The summed E-state index contributed by atoms with van der Waals surface area (Å²) in [5.74, 6) is -1.58. The number of halogens is 3. The lowest BCUT2D eigenvalue weighted by atomic mass is 10.0. The smallest absolute Gasteiger partial charge is 0.474 e. The van der Waals surface area contributed by atoms with Crippen molar-refractivity contribution in [2.24, 2.45) is 0 Å². The lowest BCUT2D eigenvalue weighted by Gasteiger charge is -2.28. The summed E-state index contributed by atoms with van der Waals surface area (Å²) in [6.07, 6.45) is 9.76. The van der Waals surface area contributed by atoms with Crippen molar-refractivity contribution < 1.29 is 109 Å². The number of hydrogen-bond acceptors (Lipinski definition) is 30. The van der Waals surface area contributed by atoms with Crippen LogP contribution in [-0.2, 0) is 58.3 Å². The molecule has 0 aliphatic carbocycles. The highest BCUT2D eigenvalue weighted by Gasteiger charge is 2.35. The van der Waals surface area contributed by atoms with Crippen LogP contribution in [0.3, 0.4) is 0 Å². The number of aryl methyl sites for hydroxylation is 8. The van der Waals surface area contributed by atoms with E-state index in [0.717, 1.165) is 176 Å². The molecule has 144 heavy (non-hydrogen) atoms. The maximum absolute atomic E-state index is 12.8. The van der Waals surface area contributed by atoms with Gasteiger partial charge in [-0.3, -0.25) is 19.9 Å². The Bertz CT molecular complexity index is 6200. The number of hydrogen-bond donors (Lipinski definition) is 4. The molecule has 0 bridgehead atoms. The van der Waals surface area contributed by atoms with Crippen LogP contribution in [0.1, 0.15) is 222 Å². The Labute approximate surface area is 865 Å². The number of nitrogens with one attached hydrogen (secondary N) is 4. The summed E-state index contributed by atoms with van der Waals surface area (Å²) in [7, 11) is -4.42. The van der Waals surface area contributed by atoms with Crippen molar-refractivity contribution in [3.63, 3.8) is 0 Å². The monoisotopic (exact) mass is 2100 g/mol. The maximum Gasteiger partial charge on any atom is 0.474 e. The number of carbonyl (C=O) groups is 8. The Morgan fingerprint density at radius 3 is 1.10 bits per heavy atom. The molecule has 0 saturated carbocycles. The summed E-state index contributed by atoms with van der Waals surface area (Å²) in [5, 5.41) is 10.6. The van der Waals surface area contributed by atoms with E-state index < -0.39 is 66.9 Å². The number of fused-ring (bicyclic) bond motifs is 4. The van der Waals surface area contributed by atoms with E-state index in [2.05, 4.69) is 86.3 Å². The predicted molar refractivity (Wildman–Crippen MR) is 562 cm³/mol.